The van der Waals surface area contributed by atoms with E-state index >= 15 is 0 Å². The molecule has 2 aromatic rings. The Hall–Kier alpha value is -0.830. The van der Waals surface area contributed by atoms with Crippen LogP contribution in [0, 0.1) is 7.14 Å². The topological polar surface area (TPSA) is 0 Å². The molecule has 0 unspecified atom stereocenters. The summed E-state index contributed by atoms with van der Waals surface area (Å²) in [6.45, 7) is 16.0. The third-order valence-electron chi connectivity index (χ3n) is 1.68. The molecular weight excluding hydrogens is 367 g/mol. The van der Waals surface area contributed by atoms with Crippen molar-refractivity contribution in [3.8, 4) is 0 Å². The van der Waals surface area contributed by atoms with E-state index in [9.17, 15) is 0 Å². The van der Waals surface area contributed by atoms with Gasteiger partial charge in [-0.2, -0.15) is 0 Å². The Kier molecular flexibility index (Phi) is 29.0. The largest absolute Gasteiger partial charge is 0.357 e. The summed E-state index contributed by atoms with van der Waals surface area (Å²) in [4.78, 5) is 0. The fourth-order valence-electron chi connectivity index (χ4n) is 1.08. The average Bonchev–Trinajstić information content (AvgIpc) is 2.64. The smallest absolute Gasteiger partial charge is 0.0683 e. The van der Waals surface area contributed by atoms with Crippen molar-refractivity contribution in [3.05, 3.63) is 67.8 Å². The van der Waals surface area contributed by atoms with Gasteiger partial charge < -0.3 is 0 Å². The first-order chi connectivity index (χ1) is 10.4. The van der Waals surface area contributed by atoms with E-state index in [0.29, 0.717) is 0 Å². The van der Waals surface area contributed by atoms with Gasteiger partial charge in [0.05, 0.1) is 0 Å². The van der Waals surface area contributed by atoms with Crippen LogP contribution in [0.2, 0.25) is 0 Å². The van der Waals surface area contributed by atoms with Crippen molar-refractivity contribution in [1.29, 1.82) is 0 Å². The molecule has 0 atom stereocenters. The minimum Gasteiger partial charge on any atom is -0.0683 e. The molecule has 0 bridgehead atoms. The van der Waals surface area contributed by atoms with E-state index in [-0.39, 0.29) is 21.2 Å². The molecule has 0 aliphatic carbocycles. The lowest BCUT2D eigenvalue weighted by atomic mass is 10.4. The molecule has 0 radical (unpaired) electrons. The second-order valence-electron chi connectivity index (χ2n) is 2.69. The Labute approximate surface area is 144 Å². The summed E-state index contributed by atoms with van der Waals surface area (Å²) in [5.41, 5.74) is 0. The van der Waals surface area contributed by atoms with E-state index in [1.165, 1.54) is 7.14 Å². The number of rotatable bonds is 2. The molecule has 1 heteroatoms. The molecule has 0 heterocycles. The van der Waals surface area contributed by atoms with Gasteiger partial charge in [0.2, 0.25) is 0 Å². The minimum absolute atomic E-state index is 0.0287. The molecule has 120 valence electrons. The summed E-state index contributed by atoms with van der Waals surface area (Å²) in [6.07, 6.45) is 0. The van der Waals surface area contributed by atoms with Crippen molar-refractivity contribution in [1.82, 2.24) is 0 Å². The standard InChI is InChI=1S/C12H10I.4C2H6/c1-3-7-11(8-4-1)13-12-9-5-2-6-10-12;4*1-2/h1-10H;4*1-2H3/q+1;;;;. The molecule has 2 aromatic carbocycles. The number of hydrogen-bond donors (Lipinski definition) is 0. The third kappa shape index (κ3) is 15.4. The van der Waals surface area contributed by atoms with Gasteiger partial charge in [-0.3, -0.25) is 0 Å². The molecule has 0 spiro atoms. The van der Waals surface area contributed by atoms with Gasteiger partial charge in [-0.1, -0.05) is 91.8 Å². The summed E-state index contributed by atoms with van der Waals surface area (Å²) in [6, 6.07) is 21.4. The van der Waals surface area contributed by atoms with E-state index < -0.39 is 0 Å². The van der Waals surface area contributed by atoms with E-state index in [4.69, 9.17) is 0 Å². The quantitative estimate of drug-likeness (QED) is 0.670. The highest BCUT2D eigenvalue weighted by atomic mass is 127. The first-order valence-electron chi connectivity index (χ1n) is 8.20. The highest BCUT2D eigenvalue weighted by molar-refractivity contribution is 5.02. The van der Waals surface area contributed by atoms with Crippen molar-refractivity contribution in [2.75, 3.05) is 0 Å². The summed E-state index contributed by atoms with van der Waals surface area (Å²) >= 11 is 0.0287. The maximum Gasteiger partial charge on any atom is 0.357 e. The van der Waals surface area contributed by atoms with Gasteiger partial charge in [0.1, 0.15) is 0 Å². The summed E-state index contributed by atoms with van der Waals surface area (Å²) in [5, 5.41) is 0. The zero-order valence-electron chi connectivity index (χ0n) is 15.2. The zero-order chi connectivity index (χ0) is 16.9. The molecule has 0 fully saturated rings. The lowest BCUT2D eigenvalue weighted by Crippen LogP contribution is -3.61. The lowest BCUT2D eigenvalue weighted by molar-refractivity contribution is -0.597. The van der Waals surface area contributed by atoms with Gasteiger partial charge >= 0.3 is 21.2 Å². The fourth-order valence-corrected chi connectivity index (χ4v) is 3.35. The van der Waals surface area contributed by atoms with Crippen LogP contribution in [0.15, 0.2) is 60.7 Å². The molecule has 0 aromatic heterocycles. The molecule has 21 heavy (non-hydrogen) atoms. The van der Waals surface area contributed by atoms with Gasteiger partial charge in [-0.25, -0.2) is 0 Å². The minimum atomic E-state index is 0.0287. The van der Waals surface area contributed by atoms with Gasteiger partial charge in [0.25, 0.3) is 0 Å². The van der Waals surface area contributed by atoms with Crippen LogP contribution < -0.4 is 21.2 Å². The number of benzene rings is 2. The maximum absolute atomic E-state index is 2.21. The molecule has 0 nitrogen and oxygen atoms in total. The van der Waals surface area contributed by atoms with Crippen molar-refractivity contribution >= 4 is 0 Å². The molecule has 0 N–H and O–H groups in total. The van der Waals surface area contributed by atoms with Crippen molar-refractivity contribution in [3.63, 3.8) is 0 Å². The van der Waals surface area contributed by atoms with Crippen molar-refractivity contribution in [2.24, 2.45) is 0 Å². The Bertz CT molecular complexity index is 317. The second-order valence-corrected chi connectivity index (χ2v) is 5.72. The van der Waals surface area contributed by atoms with Crippen molar-refractivity contribution in [2.45, 2.75) is 55.4 Å². The van der Waals surface area contributed by atoms with Crippen LogP contribution in [0.25, 0.3) is 0 Å². The Morgan fingerprint density at radius 3 is 0.905 bits per heavy atom. The molecule has 2 rings (SSSR count). The summed E-state index contributed by atoms with van der Waals surface area (Å²) in [7, 11) is 0. The molecule has 0 saturated heterocycles. The second kappa shape index (κ2) is 24.2. The molecule has 0 aliphatic rings. The molecule has 0 saturated carbocycles. The predicted octanol–water partition coefficient (Wildman–Crippen LogP) is 3.92. The van der Waals surface area contributed by atoms with Crippen LogP contribution in [0.1, 0.15) is 55.4 Å². The van der Waals surface area contributed by atoms with Gasteiger partial charge in [0.15, 0.2) is 7.14 Å². The Balaban J connectivity index is -0.000000353. The SMILES string of the molecule is CC.CC.CC.CC.c1ccc([I+]c2ccccc2)cc1. The predicted molar refractivity (Wildman–Crippen MR) is 95.7 cm³/mol. The monoisotopic (exact) mass is 401 g/mol. The van der Waals surface area contributed by atoms with E-state index in [0.717, 1.165) is 0 Å². The number of hydrogen-bond acceptors (Lipinski definition) is 0. The van der Waals surface area contributed by atoms with Gasteiger partial charge in [-0.05, 0) is 24.3 Å². The molecule has 0 amide bonds. The lowest BCUT2D eigenvalue weighted by Gasteiger charge is -1.84. The Morgan fingerprint density at radius 2 is 0.667 bits per heavy atom. The van der Waals surface area contributed by atoms with Gasteiger partial charge in [0, 0.05) is 0 Å². The zero-order valence-corrected chi connectivity index (χ0v) is 17.3. The van der Waals surface area contributed by atoms with Crippen LogP contribution in [0.4, 0.5) is 0 Å². The van der Waals surface area contributed by atoms with E-state index in [1.807, 2.05) is 55.4 Å². The maximum atomic E-state index is 2.21. The fraction of sp³-hybridized carbons (Fsp3) is 0.400. The van der Waals surface area contributed by atoms with Crippen LogP contribution in [-0.2, 0) is 0 Å². The first kappa shape index (κ1) is 25.1. The van der Waals surface area contributed by atoms with Crippen LogP contribution >= 0.6 is 0 Å². The van der Waals surface area contributed by atoms with Crippen LogP contribution in [0.5, 0.6) is 0 Å². The van der Waals surface area contributed by atoms with Crippen LogP contribution in [-0.4, -0.2) is 0 Å². The molecular formula is C20H34I+. The first-order valence-corrected chi connectivity index (χ1v) is 10.4. The Morgan fingerprint density at radius 1 is 0.429 bits per heavy atom. The van der Waals surface area contributed by atoms with Gasteiger partial charge in [-0.15, -0.1) is 0 Å². The van der Waals surface area contributed by atoms with E-state index in [1.54, 1.807) is 0 Å². The summed E-state index contributed by atoms with van der Waals surface area (Å²) < 4.78 is 2.96. The third-order valence-corrected chi connectivity index (χ3v) is 4.37. The molecule has 0 aliphatic heterocycles. The summed E-state index contributed by atoms with van der Waals surface area (Å²) in [5.74, 6) is 0. The van der Waals surface area contributed by atoms with Crippen molar-refractivity contribution < 1.29 is 21.2 Å². The normalized spacial score (nSPS) is 7.24. The average molecular weight is 401 g/mol. The highest BCUT2D eigenvalue weighted by Crippen LogP contribution is 1.85. The number of halogens is 1. The highest BCUT2D eigenvalue weighted by Gasteiger charge is 2.12. The van der Waals surface area contributed by atoms with E-state index in [2.05, 4.69) is 60.7 Å². The van der Waals surface area contributed by atoms with Crippen LogP contribution in [0.3, 0.4) is 0 Å².